The Morgan fingerprint density at radius 1 is 1.29 bits per heavy atom. The summed E-state index contributed by atoms with van der Waals surface area (Å²) in [5.74, 6) is 0.0934. The molecule has 0 spiro atoms. The maximum Gasteiger partial charge on any atom is 0.236 e. The van der Waals surface area contributed by atoms with Gasteiger partial charge < -0.3 is 10.6 Å². The van der Waals surface area contributed by atoms with Crippen LogP contribution >= 0.6 is 12.2 Å². The lowest BCUT2D eigenvalue weighted by Gasteiger charge is -2.28. The van der Waals surface area contributed by atoms with Gasteiger partial charge in [-0.25, -0.2) is 0 Å². The van der Waals surface area contributed by atoms with E-state index >= 15 is 0 Å². The fraction of sp³-hybridized carbons (Fsp3) is 0.500. The van der Waals surface area contributed by atoms with Crippen molar-refractivity contribution in [2.75, 3.05) is 20.1 Å². The van der Waals surface area contributed by atoms with Crippen molar-refractivity contribution >= 4 is 23.1 Å². The average Bonchev–Trinajstić information content (AvgIpc) is 2.44. The molecule has 0 saturated heterocycles. The van der Waals surface area contributed by atoms with E-state index in [9.17, 15) is 4.79 Å². The van der Waals surface area contributed by atoms with Crippen molar-refractivity contribution in [1.82, 2.24) is 9.80 Å². The predicted octanol–water partition coefficient (Wildman–Crippen LogP) is 2.03. The minimum absolute atomic E-state index is 0.0934. The molecule has 1 rings (SSSR count). The number of benzene rings is 1. The number of rotatable bonds is 8. The molecule has 0 radical (unpaired) electrons. The highest BCUT2D eigenvalue weighted by Gasteiger charge is 2.17. The second-order valence-electron chi connectivity index (χ2n) is 5.52. The molecule has 0 aliphatic heterocycles. The molecule has 1 amide bonds. The van der Waals surface area contributed by atoms with Crippen molar-refractivity contribution in [2.45, 2.75) is 32.9 Å². The van der Waals surface area contributed by atoms with Gasteiger partial charge in [-0.15, -0.1) is 0 Å². The van der Waals surface area contributed by atoms with Crippen LogP contribution in [0.3, 0.4) is 0 Å². The third-order valence-corrected chi connectivity index (χ3v) is 3.62. The first kappa shape index (κ1) is 17.6. The standard InChI is InChI=1S/C16H25N3OS/c1-13(2)19(11-14-7-5-4-6-8-14)12-16(20)18(3)10-9-15(17)21/h4-8,13H,9-12H2,1-3H3,(H2,17,21). The zero-order valence-electron chi connectivity index (χ0n) is 13.1. The molecule has 0 aliphatic carbocycles. The van der Waals surface area contributed by atoms with Crippen molar-refractivity contribution in [2.24, 2.45) is 5.73 Å². The van der Waals surface area contributed by atoms with Gasteiger partial charge in [0.05, 0.1) is 11.5 Å². The van der Waals surface area contributed by atoms with Gasteiger partial charge >= 0.3 is 0 Å². The minimum atomic E-state index is 0.0934. The summed E-state index contributed by atoms with van der Waals surface area (Å²) in [4.78, 5) is 16.6. The Morgan fingerprint density at radius 2 is 1.90 bits per heavy atom. The van der Waals surface area contributed by atoms with Crippen LogP contribution in [-0.2, 0) is 11.3 Å². The highest BCUT2D eigenvalue weighted by Crippen LogP contribution is 2.08. The molecule has 1 aromatic carbocycles. The third kappa shape index (κ3) is 6.69. The lowest BCUT2D eigenvalue weighted by atomic mass is 10.2. The number of amides is 1. The summed E-state index contributed by atoms with van der Waals surface area (Å²) in [5.41, 5.74) is 6.69. The van der Waals surface area contributed by atoms with Gasteiger partial charge in [-0.3, -0.25) is 9.69 Å². The predicted molar refractivity (Wildman–Crippen MR) is 91.0 cm³/mol. The Hall–Kier alpha value is -1.46. The molecule has 1 aromatic rings. The summed E-state index contributed by atoms with van der Waals surface area (Å²) in [7, 11) is 1.79. The van der Waals surface area contributed by atoms with Gasteiger partial charge in [-0.2, -0.15) is 0 Å². The normalized spacial score (nSPS) is 10.9. The topological polar surface area (TPSA) is 49.6 Å². The molecule has 0 heterocycles. The van der Waals surface area contributed by atoms with Crippen molar-refractivity contribution < 1.29 is 4.79 Å². The lowest BCUT2D eigenvalue weighted by Crippen LogP contribution is -2.41. The maximum absolute atomic E-state index is 12.3. The molecule has 0 aromatic heterocycles. The van der Waals surface area contributed by atoms with Gasteiger partial charge in [0.15, 0.2) is 0 Å². The van der Waals surface area contributed by atoms with Gasteiger partial charge in [-0.1, -0.05) is 42.5 Å². The molecule has 5 heteroatoms. The Balaban J connectivity index is 2.57. The van der Waals surface area contributed by atoms with Gasteiger partial charge in [0, 0.05) is 32.6 Å². The number of carbonyl (C=O) groups is 1. The van der Waals surface area contributed by atoms with Crippen LogP contribution in [0.2, 0.25) is 0 Å². The monoisotopic (exact) mass is 307 g/mol. The number of nitrogens with two attached hydrogens (primary N) is 1. The smallest absolute Gasteiger partial charge is 0.236 e. The Bertz CT molecular complexity index is 462. The van der Waals surface area contributed by atoms with Crippen molar-refractivity contribution in [1.29, 1.82) is 0 Å². The molecule has 0 atom stereocenters. The van der Waals surface area contributed by atoms with E-state index < -0.39 is 0 Å². The van der Waals surface area contributed by atoms with E-state index in [0.29, 0.717) is 30.5 Å². The van der Waals surface area contributed by atoms with Crippen molar-refractivity contribution in [3.8, 4) is 0 Å². The first-order chi connectivity index (χ1) is 9.90. The average molecular weight is 307 g/mol. The Labute approximate surface area is 132 Å². The number of thiocarbonyl (C=S) groups is 1. The zero-order valence-corrected chi connectivity index (χ0v) is 13.9. The number of hydrogen-bond donors (Lipinski definition) is 1. The number of nitrogens with zero attached hydrogens (tertiary/aromatic N) is 2. The molecule has 116 valence electrons. The third-order valence-electron chi connectivity index (χ3n) is 3.42. The van der Waals surface area contributed by atoms with Crippen LogP contribution in [-0.4, -0.2) is 46.9 Å². The van der Waals surface area contributed by atoms with E-state index in [4.69, 9.17) is 18.0 Å². The second kappa shape index (κ2) is 8.74. The van der Waals surface area contributed by atoms with Crippen LogP contribution in [0.15, 0.2) is 30.3 Å². The number of hydrogen-bond acceptors (Lipinski definition) is 3. The minimum Gasteiger partial charge on any atom is -0.393 e. The summed E-state index contributed by atoms with van der Waals surface area (Å²) >= 11 is 4.85. The first-order valence-electron chi connectivity index (χ1n) is 7.20. The van der Waals surface area contributed by atoms with Crippen LogP contribution < -0.4 is 5.73 Å². The van der Waals surface area contributed by atoms with Crippen LogP contribution in [0.4, 0.5) is 0 Å². The first-order valence-corrected chi connectivity index (χ1v) is 7.61. The number of likely N-dealkylation sites (N-methyl/N-ethyl adjacent to an activating group) is 1. The van der Waals surface area contributed by atoms with Crippen LogP contribution in [0, 0.1) is 0 Å². The SMILES string of the molecule is CC(C)N(CC(=O)N(C)CCC(N)=S)Cc1ccccc1. The summed E-state index contributed by atoms with van der Waals surface area (Å²) in [5, 5.41) is 0. The molecular weight excluding hydrogens is 282 g/mol. The van der Waals surface area contributed by atoms with Crippen LogP contribution in [0.25, 0.3) is 0 Å². The van der Waals surface area contributed by atoms with Gasteiger partial charge in [0.1, 0.15) is 0 Å². The molecule has 21 heavy (non-hydrogen) atoms. The Morgan fingerprint density at radius 3 is 2.43 bits per heavy atom. The lowest BCUT2D eigenvalue weighted by molar-refractivity contribution is -0.131. The summed E-state index contributed by atoms with van der Waals surface area (Å²) < 4.78 is 0. The van der Waals surface area contributed by atoms with Crippen LogP contribution in [0.5, 0.6) is 0 Å². The van der Waals surface area contributed by atoms with E-state index in [2.05, 4.69) is 30.9 Å². The zero-order chi connectivity index (χ0) is 15.8. The van der Waals surface area contributed by atoms with E-state index in [1.165, 1.54) is 5.56 Å². The fourth-order valence-electron chi connectivity index (χ4n) is 1.94. The summed E-state index contributed by atoms with van der Waals surface area (Å²) in [6, 6.07) is 10.5. The largest absolute Gasteiger partial charge is 0.393 e. The molecule has 0 fully saturated rings. The highest BCUT2D eigenvalue weighted by molar-refractivity contribution is 7.80. The van der Waals surface area contributed by atoms with E-state index in [0.717, 1.165) is 6.54 Å². The molecule has 4 nitrogen and oxygen atoms in total. The van der Waals surface area contributed by atoms with Crippen LogP contribution in [0.1, 0.15) is 25.8 Å². The molecule has 0 bridgehead atoms. The van der Waals surface area contributed by atoms with E-state index in [1.807, 2.05) is 18.2 Å². The molecule has 0 aliphatic rings. The quantitative estimate of drug-likeness (QED) is 0.747. The van der Waals surface area contributed by atoms with Gasteiger partial charge in [0.25, 0.3) is 0 Å². The summed E-state index contributed by atoms with van der Waals surface area (Å²) in [6.45, 7) is 5.95. The summed E-state index contributed by atoms with van der Waals surface area (Å²) in [6.07, 6.45) is 0.567. The van der Waals surface area contributed by atoms with Gasteiger partial charge in [0.2, 0.25) is 5.91 Å². The highest BCUT2D eigenvalue weighted by atomic mass is 32.1. The fourth-order valence-corrected chi connectivity index (χ4v) is 2.03. The van der Waals surface area contributed by atoms with Crippen molar-refractivity contribution in [3.63, 3.8) is 0 Å². The molecular formula is C16H25N3OS. The molecule has 0 unspecified atom stereocenters. The van der Waals surface area contributed by atoms with Gasteiger partial charge in [-0.05, 0) is 19.4 Å². The van der Waals surface area contributed by atoms with E-state index in [1.54, 1.807) is 11.9 Å². The second-order valence-corrected chi connectivity index (χ2v) is 6.04. The number of carbonyl (C=O) groups excluding carboxylic acids is 1. The Kier molecular flexibility index (Phi) is 7.32. The molecule has 0 saturated carbocycles. The maximum atomic E-state index is 12.3. The molecule has 2 N–H and O–H groups in total. The van der Waals surface area contributed by atoms with Crippen molar-refractivity contribution in [3.05, 3.63) is 35.9 Å². The van der Waals surface area contributed by atoms with E-state index in [-0.39, 0.29) is 5.91 Å².